The molecule has 2 rings (SSSR count). The maximum absolute atomic E-state index is 11.0. The minimum absolute atomic E-state index is 0. The molecule has 0 aromatic carbocycles. The number of hydrogen-bond donors (Lipinski definition) is 2. The third-order valence-electron chi connectivity index (χ3n) is 3.27. The zero-order valence-corrected chi connectivity index (χ0v) is 17.2. The first-order chi connectivity index (χ1) is 10.5. The number of aromatic nitrogens is 3. The van der Waals surface area contributed by atoms with Crippen LogP contribution in [-0.2, 0) is 42.0 Å². The molecule has 0 atom stereocenters. The predicted octanol–water partition coefficient (Wildman–Crippen LogP) is 0.115. The van der Waals surface area contributed by atoms with Crippen molar-refractivity contribution in [1.29, 1.82) is 0 Å². The van der Waals surface area contributed by atoms with Gasteiger partial charge in [-0.25, -0.2) is 9.97 Å². The van der Waals surface area contributed by atoms with E-state index in [9.17, 15) is 4.79 Å². The molecule has 0 aliphatic heterocycles. The first-order valence-corrected chi connectivity index (χ1v) is 7.79. The standard InChI is InChI=1S/C14H20N5O2S.Zn/c1-9-12(3-4-21-13(20)5-15)22-8-19(9)7-11-6-17-10(2)18-14(11)16;/h6,8H,3-5,7,15H2,1-2H3,(H2,16,17,18);/q+1;. The predicted molar refractivity (Wildman–Crippen MR) is 83.3 cm³/mol. The number of anilines is 1. The van der Waals surface area contributed by atoms with Gasteiger partial charge in [0, 0.05) is 39.0 Å². The van der Waals surface area contributed by atoms with E-state index in [-0.39, 0.29) is 32.0 Å². The summed E-state index contributed by atoms with van der Waals surface area (Å²) in [6.45, 7) is 4.71. The summed E-state index contributed by atoms with van der Waals surface area (Å²) < 4.78 is 7.10. The summed E-state index contributed by atoms with van der Waals surface area (Å²) in [7, 11) is 0. The van der Waals surface area contributed by atoms with E-state index in [0.717, 1.165) is 16.1 Å². The van der Waals surface area contributed by atoms with Crippen LogP contribution in [-0.4, -0.2) is 29.1 Å². The van der Waals surface area contributed by atoms with Crippen LogP contribution in [0.3, 0.4) is 0 Å². The van der Waals surface area contributed by atoms with Crippen molar-refractivity contribution >= 4 is 23.1 Å². The van der Waals surface area contributed by atoms with E-state index in [0.29, 0.717) is 31.2 Å². The topological polar surface area (TPSA) is 108 Å². The Morgan fingerprint density at radius 2 is 2.17 bits per heavy atom. The molecular weight excluding hydrogens is 368 g/mol. The molecule has 9 heteroatoms. The Hall–Kier alpha value is -1.44. The van der Waals surface area contributed by atoms with Crippen LogP contribution in [0.2, 0.25) is 0 Å². The van der Waals surface area contributed by atoms with Gasteiger partial charge in [0.15, 0.2) is 12.2 Å². The third kappa shape index (κ3) is 5.30. The van der Waals surface area contributed by atoms with Crippen LogP contribution in [0.5, 0.6) is 0 Å². The smallest absolute Gasteiger partial charge is 0.319 e. The van der Waals surface area contributed by atoms with Crippen LogP contribution in [0.4, 0.5) is 5.82 Å². The average molecular weight is 388 g/mol. The number of nitrogen functional groups attached to an aromatic ring is 1. The summed E-state index contributed by atoms with van der Waals surface area (Å²) in [6, 6.07) is 0. The number of nitrogens with zero attached hydrogens (tertiary/aromatic N) is 3. The summed E-state index contributed by atoms with van der Waals surface area (Å²) in [4.78, 5) is 20.5. The van der Waals surface area contributed by atoms with Crippen LogP contribution in [0.15, 0.2) is 11.7 Å². The Labute approximate surface area is 151 Å². The quantitative estimate of drug-likeness (QED) is 0.414. The van der Waals surface area contributed by atoms with E-state index >= 15 is 0 Å². The fourth-order valence-electron chi connectivity index (χ4n) is 1.98. The van der Waals surface area contributed by atoms with E-state index in [1.54, 1.807) is 17.5 Å². The Kier molecular flexibility index (Phi) is 7.68. The number of esters is 1. The number of carbonyl (C=O) groups excluding carboxylic acids is 1. The molecule has 0 amide bonds. The summed E-state index contributed by atoms with van der Waals surface area (Å²) in [5, 5.41) is 0. The molecule has 2 aromatic rings. The SMILES string of the molecule is Cc1ncc(C[n+]2csc(CCOC(=O)CN)c2C)c(N)n1.[Zn]. The van der Waals surface area contributed by atoms with Crippen molar-refractivity contribution in [2.75, 3.05) is 18.9 Å². The number of aryl methyl sites for hydroxylation is 1. The van der Waals surface area contributed by atoms with Crippen LogP contribution < -0.4 is 16.0 Å². The number of nitrogens with two attached hydrogens (primary N) is 2. The number of ether oxygens (including phenoxy) is 1. The molecule has 7 nitrogen and oxygen atoms in total. The Morgan fingerprint density at radius 3 is 2.83 bits per heavy atom. The molecule has 0 fully saturated rings. The molecule has 120 valence electrons. The molecule has 0 saturated carbocycles. The van der Waals surface area contributed by atoms with Crippen molar-refractivity contribution in [3.63, 3.8) is 0 Å². The second kappa shape index (κ2) is 9.00. The summed E-state index contributed by atoms with van der Waals surface area (Å²) in [5.74, 6) is 0.784. The maximum Gasteiger partial charge on any atom is 0.319 e. The Morgan fingerprint density at radius 1 is 1.43 bits per heavy atom. The van der Waals surface area contributed by atoms with Gasteiger partial charge in [0.05, 0.1) is 23.6 Å². The number of hydrogen-bond acceptors (Lipinski definition) is 7. The zero-order valence-electron chi connectivity index (χ0n) is 13.4. The van der Waals surface area contributed by atoms with Crippen molar-refractivity contribution in [3.8, 4) is 0 Å². The van der Waals surface area contributed by atoms with E-state index in [2.05, 4.69) is 14.5 Å². The molecule has 2 aromatic heterocycles. The second-order valence-corrected chi connectivity index (χ2v) is 5.80. The van der Waals surface area contributed by atoms with Gasteiger partial charge >= 0.3 is 5.97 Å². The van der Waals surface area contributed by atoms with E-state index in [4.69, 9.17) is 16.2 Å². The summed E-state index contributed by atoms with van der Waals surface area (Å²) in [6.07, 6.45) is 2.43. The number of carbonyl (C=O) groups is 1. The third-order valence-corrected chi connectivity index (χ3v) is 4.42. The van der Waals surface area contributed by atoms with Gasteiger partial charge in [0.2, 0.25) is 5.51 Å². The van der Waals surface area contributed by atoms with E-state index < -0.39 is 0 Å². The molecule has 0 bridgehead atoms. The van der Waals surface area contributed by atoms with Crippen molar-refractivity contribution in [2.45, 2.75) is 26.8 Å². The van der Waals surface area contributed by atoms with Gasteiger partial charge in [0.25, 0.3) is 0 Å². The normalized spacial score (nSPS) is 10.2. The minimum atomic E-state index is -0.383. The molecular formula is C14H20N5O2SZn+. The van der Waals surface area contributed by atoms with Gasteiger partial charge in [-0.2, -0.15) is 4.57 Å². The zero-order chi connectivity index (χ0) is 16.1. The first kappa shape index (κ1) is 19.6. The van der Waals surface area contributed by atoms with Crippen LogP contribution in [0.1, 0.15) is 22.0 Å². The summed E-state index contributed by atoms with van der Waals surface area (Å²) in [5.41, 5.74) is 15.1. The van der Waals surface area contributed by atoms with Crippen LogP contribution in [0, 0.1) is 13.8 Å². The minimum Gasteiger partial charge on any atom is -0.464 e. The Bertz CT molecular complexity index is 677. The Balaban J connectivity index is 0.00000264. The van der Waals surface area contributed by atoms with Gasteiger partial charge < -0.3 is 16.2 Å². The fourth-order valence-corrected chi connectivity index (χ4v) is 2.96. The molecule has 0 aliphatic carbocycles. The molecule has 4 N–H and O–H groups in total. The van der Waals surface area contributed by atoms with Crippen LogP contribution in [0.25, 0.3) is 0 Å². The van der Waals surface area contributed by atoms with Crippen molar-refractivity contribution in [1.82, 2.24) is 9.97 Å². The number of rotatable bonds is 6. The van der Waals surface area contributed by atoms with Gasteiger partial charge in [-0.1, -0.05) is 11.3 Å². The van der Waals surface area contributed by atoms with Crippen LogP contribution >= 0.6 is 11.3 Å². The molecule has 0 spiro atoms. The van der Waals surface area contributed by atoms with Gasteiger partial charge in [0.1, 0.15) is 11.6 Å². The average Bonchev–Trinajstić information content (AvgIpc) is 2.83. The molecule has 0 radical (unpaired) electrons. The molecule has 2 heterocycles. The molecule has 0 unspecified atom stereocenters. The van der Waals surface area contributed by atoms with E-state index in [1.807, 2.05) is 19.4 Å². The summed E-state index contributed by atoms with van der Waals surface area (Å²) >= 11 is 1.62. The molecule has 0 aliphatic rings. The maximum atomic E-state index is 11.0. The van der Waals surface area contributed by atoms with Crippen molar-refractivity contribution in [3.05, 3.63) is 33.7 Å². The first-order valence-electron chi connectivity index (χ1n) is 6.91. The molecule has 23 heavy (non-hydrogen) atoms. The van der Waals surface area contributed by atoms with Gasteiger partial charge in [-0.15, -0.1) is 0 Å². The van der Waals surface area contributed by atoms with Gasteiger partial charge in [-0.3, -0.25) is 4.79 Å². The fraction of sp³-hybridized carbons (Fsp3) is 0.429. The van der Waals surface area contributed by atoms with Gasteiger partial charge in [-0.05, 0) is 6.92 Å². The van der Waals surface area contributed by atoms with E-state index in [1.165, 1.54) is 0 Å². The van der Waals surface area contributed by atoms with Crippen molar-refractivity contribution in [2.24, 2.45) is 5.73 Å². The van der Waals surface area contributed by atoms with Crippen molar-refractivity contribution < 1.29 is 33.6 Å². The largest absolute Gasteiger partial charge is 0.464 e. The molecule has 0 saturated heterocycles. The second-order valence-electron chi connectivity index (χ2n) is 4.86. The monoisotopic (exact) mass is 386 g/mol. The number of thiazole rings is 1.